The second kappa shape index (κ2) is 5.70. The van der Waals surface area contributed by atoms with Crippen molar-refractivity contribution in [2.75, 3.05) is 18.9 Å². The molecule has 1 aromatic heterocycles. The molecule has 0 bridgehead atoms. The quantitative estimate of drug-likeness (QED) is 0.800. The first-order valence-electron chi connectivity index (χ1n) is 6.72. The number of ether oxygens (including phenoxy) is 1. The summed E-state index contributed by atoms with van der Waals surface area (Å²) in [4.78, 5) is 14.2. The summed E-state index contributed by atoms with van der Waals surface area (Å²) in [6, 6.07) is 5.79. The molecule has 0 amide bonds. The van der Waals surface area contributed by atoms with Crippen LogP contribution in [0.3, 0.4) is 0 Å². The zero-order valence-electron chi connectivity index (χ0n) is 11.5. The Morgan fingerprint density at radius 3 is 3.19 bits per heavy atom. The van der Waals surface area contributed by atoms with Crippen LogP contribution in [0.2, 0.25) is 0 Å². The molecule has 5 nitrogen and oxygen atoms in total. The molecule has 108 valence electrons. The van der Waals surface area contributed by atoms with Crippen LogP contribution in [0.15, 0.2) is 45.2 Å². The van der Waals surface area contributed by atoms with E-state index in [0.29, 0.717) is 23.5 Å². The van der Waals surface area contributed by atoms with Gasteiger partial charge >= 0.3 is 5.97 Å². The van der Waals surface area contributed by atoms with Crippen LogP contribution in [-0.4, -0.2) is 29.8 Å². The number of allylic oxidation sites excluding steroid dienone is 1. The molecule has 1 unspecified atom stereocenters. The van der Waals surface area contributed by atoms with E-state index in [-0.39, 0.29) is 0 Å². The second-order valence-electron chi connectivity index (χ2n) is 4.63. The summed E-state index contributed by atoms with van der Waals surface area (Å²) in [5.74, 6) is 0.604. The molecule has 0 spiro atoms. The van der Waals surface area contributed by atoms with Crippen molar-refractivity contribution in [1.29, 1.82) is 5.26 Å². The second-order valence-corrected chi connectivity index (χ2v) is 5.71. The van der Waals surface area contributed by atoms with Crippen molar-refractivity contribution in [1.82, 2.24) is 4.90 Å². The van der Waals surface area contributed by atoms with Gasteiger partial charge in [0.05, 0.1) is 41.0 Å². The van der Waals surface area contributed by atoms with E-state index in [1.54, 1.807) is 43.3 Å². The third-order valence-corrected chi connectivity index (χ3v) is 4.53. The van der Waals surface area contributed by atoms with Gasteiger partial charge in [0.25, 0.3) is 0 Å². The first kappa shape index (κ1) is 13.8. The summed E-state index contributed by atoms with van der Waals surface area (Å²) < 4.78 is 10.6. The van der Waals surface area contributed by atoms with Gasteiger partial charge in [0.2, 0.25) is 0 Å². The summed E-state index contributed by atoms with van der Waals surface area (Å²) in [6.45, 7) is 2.86. The lowest BCUT2D eigenvalue weighted by Gasteiger charge is -2.27. The SMILES string of the molecule is CCOC(=O)C1=CN2CCSC2=C(C#N)C1c1ccco1. The molecule has 1 atom stereocenters. The Kier molecular flexibility index (Phi) is 3.76. The largest absolute Gasteiger partial charge is 0.468 e. The maximum atomic E-state index is 12.3. The number of rotatable bonds is 3. The molecular formula is C15H14N2O3S. The molecule has 2 aliphatic rings. The molecule has 3 heterocycles. The third kappa shape index (κ3) is 2.34. The highest BCUT2D eigenvalue weighted by molar-refractivity contribution is 8.03. The van der Waals surface area contributed by atoms with Gasteiger partial charge in [-0.15, -0.1) is 11.8 Å². The molecule has 1 fully saturated rings. The van der Waals surface area contributed by atoms with Crippen molar-refractivity contribution in [2.24, 2.45) is 0 Å². The third-order valence-electron chi connectivity index (χ3n) is 3.42. The van der Waals surface area contributed by atoms with Gasteiger partial charge in [0, 0.05) is 18.5 Å². The van der Waals surface area contributed by atoms with Crippen molar-refractivity contribution in [3.8, 4) is 6.07 Å². The van der Waals surface area contributed by atoms with E-state index >= 15 is 0 Å². The fraction of sp³-hybridized carbons (Fsp3) is 0.333. The molecule has 21 heavy (non-hydrogen) atoms. The highest BCUT2D eigenvalue weighted by Crippen LogP contribution is 2.44. The Morgan fingerprint density at radius 2 is 2.52 bits per heavy atom. The van der Waals surface area contributed by atoms with Crippen LogP contribution in [0.1, 0.15) is 18.6 Å². The van der Waals surface area contributed by atoms with Crippen LogP contribution in [0.5, 0.6) is 0 Å². The predicted molar refractivity (Wildman–Crippen MR) is 78.0 cm³/mol. The van der Waals surface area contributed by atoms with Crippen LogP contribution in [0.4, 0.5) is 0 Å². The summed E-state index contributed by atoms with van der Waals surface area (Å²) in [6.07, 6.45) is 3.34. The lowest BCUT2D eigenvalue weighted by molar-refractivity contribution is -0.138. The Bertz CT molecular complexity index is 655. The number of nitrogens with zero attached hydrogens (tertiary/aromatic N) is 2. The number of carbonyl (C=O) groups is 1. The average molecular weight is 302 g/mol. The number of carbonyl (C=O) groups excluding carboxylic acids is 1. The van der Waals surface area contributed by atoms with E-state index in [0.717, 1.165) is 17.3 Å². The van der Waals surface area contributed by atoms with E-state index in [1.165, 1.54) is 0 Å². The minimum atomic E-state index is -0.485. The Hall–Kier alpha value is -2.13. The van der Waals surface area contributed by atoms with Crippen LogP contribution in [-0.2, 0) is 9.53 Å². The van der Waals surface area contributed by atoms with E-state index in [1.807, 2.05) is 4.90 Å². The predicted octanol–water partition coefficient (Wildman–Crippen LogP) is 2.61. The molecule has 0 aromatic carbocycles. The molecule has 0 radical (unpaired) electrons. The zero-order valence-corrected chi connectivity index (χ0v) is 12.4. The van der Waals surface area contributed by atoms with Crippen LogP contribution >= 0.6 is 11.8 Å². The number of nitriles is 1. The van der Waals surface area contributed by atoms with Gasteiger partial charge < -0.3 is 14.1 Å². The fourth-order valence-electron chi connectivity index (χ4n) is 2.55. The van der Waals surface area contributed by atoms with Gasteiger partial charge in [-0.1, -0.05) is 0 Å². The van der Waals surface area contributed by atoms with Crippen molar-refractivity contribution in [3.05, 3.63) is 46.5 Å². The number of furan rings is 1. The number of thioether (sulfide) groups is 1. The molecule has 0 saturated carbocycles. The van der Waals surface area contributed by atoms with Gasteiger partial charge in [-0.2, -0.15) is 5.26 Å². The standard InChI is InChI=1S/C15H14N2O3S/c1-2-19-15(18)11-9-17-5-7-21-14(17)10(8-16)13(11)12-4-3-6-20-12/h3-4,6,9,13H,2,5,7H2,1H3. The van der Waals surface area contributed by atoms with E-state index in [2.05, 4.69) is 6.07 Å². The lowest BCUT2D eigenvalue weighted by atomic mass is 9.88. The average Bonchev–Trinajstić information content (AvgIpc) is 3.16. The molecular weight excluding hydrogens is 288 g/mol. The molecule has 6 heteroatoms. The van der Waals surface area contributed by atoms with Crippen LogP contribution in [0.25, 0.3) is 0 Å². The topological polar surface area (TPSA) is 66.5 Å². The normalized spacial score (nSPS) is 20.9. The van der Waals surface area contributed by atoms with E-state index in [9.17, 15) is 10.1 Å². The van der Waals surface area contributed by atoms with Gasteiger partial charge in [0.15, 0.2) is 0 Å². The van der Waals surface area contributed by atoms with Crippen LogP contribution < -0.4 is 0 Å². The maximum Gasteiger partial charge on any atom is 0.336 e. The molecule has 2 aliphatic heterocycles. The first-order chi connectivity index (χ1) is 10.3. The summed E-state index contributed by atoms with van der Waals surface area (Å²) >= 11 is 1.63. The monoisotopic (exact) mass is 302 g/mol. The smallest absolute Gasteiger partial charge is 0.336 e. The molecule has 1 saturated heterocycles. The minimum absolute atomic E-state index is 0.300. The lowest BCUT2D eigenvalue weighted by Crippen LogP contribution is -2.26. The highest BCUT2D eigenvalue weighted by atomic mass is 32.2. The molecule has 1 aromatic rings. The Balaban J connectivity index is 2.09. The van der Waals surface area contributed by atoms with Crippen LogP contribution in [0, 0.1) is 11.3 Å². The number of fused-ring (bicyclic) bond motifs is 1. The number of hydrogen-bond donors (Lipinski definition) is 0. The Labute approximate surface area is 126 Å². The van der Waals surface area contributed by atoms with Crippen molar-refractivity contribution in [2.45, 2.75) is 12.8 Å². The zero-order chi connectivity index (χ0) is 14.8. The van der Waals surface area contributed by atoms with Crippen molar-refractivity contribution >= 4 is 17.7 Å². The fourth-order valence-corrected chi connectivity index (χ4v) is 3.66. The first-order valence-corrected chi connectivity index (χ1v) is 7.70. The van der Waals surface area contributed by atoms with Gasteiger partial charge in [-0.05, 0) is 19.1 Å². The Morgan fingerprint density at radius 1 is 1.67 bits per heavy atom. The van der Waals surface area contributed by atoms with Gasteiger partial charge in [-0.25, -0.2) is 4.79 Å². The van der Waals surface area contributed by atoms with E-state index in [4.69, 9.17) is 9.15 Å². The summed E-state index contributed by atoms with van der Waals surface area (Å²) in [5.41, 5.74) is 1.01. The summed E-state index contributed by atoms with van der Waals surface area (Å²) in [7, 11) is 0. The number of esters is 1. The minimum Gasteiger partial charge on any atom is -0.468 e. The summed E-state index contributed by atoms with van der Waals surface area (Å²) in [5, 5.41) is 10.5. The molecule has 0 aliphatic carbocycles. The molecule has 3 rings (SSSR count). The highest BCUT2D eigenvalue weighted by Gasteiger charge is 2.38. The van der Waals surface area contributed by atoms with Crippen molar-refractivity contribution in [3.63, 3.8) is 0 Å². The van der Waals surface area contributed by atoms with Gasteiger partial charge in [-0.3, -0.25) is 0 Å². The number of hydrogen-bond acceptors (Lipinski definition) is 6. The molecule has 0 N–H and O–H groups in total. The van der Waals surface area contributed by atoms with Crippen molar-refractivity contribution < 1.29 is 13.9 Å². The van der Waals surface area contributed by atoms with E-state index < -0.39 is 11.9 Å². The van der Waals surface area contributed by atoms with Gasteiger partial charge in [0.1, 0.15) is 5.76 Å². The maximum absolute atomic E-state index is 12.3.